The van der Waals surface area contributed by atoms with Crippen LogP contribution in [0.4, 0.5) is 4.39 Å². The van der Waals surface area contributed by atoms with Crippen LogP contribution in [0.5, 0.6) is 5.75 Å². The van der Waals surface area contributed by atoms with Gasteiger partial charge in [-0.1, -0.05) is 12.1 Å². The largest absolute Gasteiger partial charge is 0.492 e. The lowest BCUT2D eigenvalue weighted by Gasteiger charge is -2.07. The minimum absolute atomic E-state index is 0.167. The standard InChI is InChI=1S/C18H16FNO2S/c1-12-3-2-4-15(9-12)22-8-7-20-18(21)17-11-13-10-14(19)5-6-16(13)23-17/h2-6,9-11H,7-8H2,1H3,(H,20,21). The summed E-state index contributed by atoms with van der Waals surface area (Å²) in [5.41, 5.74) is 1.13. The lowest BCUT2D eigenvalue weighted by Crippen LogP contribution is -2.27. The van der Waals surface area contributed by atoms with Crippen LogP contribution in [0.3, 0.4) is 0 Å². The molecule has 0 aliphatic heterocycles. The van der Waals surface area contributed by atoms with Gasteiger partial charge in [-0.25, -0.2) is 4.39 Å². The third-order valence-electron chi connectivity index (χ3n) is 3.35. The molecule has 2 aromatic carbocycles. The number of hydrogen-bond acceptors (Lipinski definition) is 3. The number of carbonyl (C=O) groups excluding carboxylic acids is 1. The Balaban J connectivity index is 1.54. The number of hydrogen-bond donors (Lipinski definition) is 1. The van der Waals surface area contributed by atoms with Gasteiger partial charge in [0.15, 0.2) is 0 Å². The number of fused-ring (bicyclic) bond motifs is 1. The van der Waals surface area contributed by atoms with Crippen LogP contribution in [0.1, 0.15) is 15.2 Å². The fourth-order valence-electron chi connectivity index (χ4n) is 2.25. The van der Waals surface area contributed by atoms with Gasteiger partial charge in [-0.2, -0.15) is 0 Å². The van der Waals surface area contributed by atoms with Gasteiger partial charge in [0.25, 0.3) is 5.91 Å². The molecule has 0 spiro atoms. The molecule has 0 fully saturated rings. The van der Waals surface area contributed by atoms with Gasteiger partial charge in [0.05, 0.1) is 11.4 Å². The van der Waals surface area contributed by atoms with Gasteiger partial charge < -0.3 is 10.1 Å². The van der Waals surface area contributed by atoms with Crippen LogP contribution in [-0.2, 0) is 0 Å². The monoisotopic (exact) mass is 329 g/mol. The Hall–Kier alpha value is -2.40. The van der Waals surface area contributed by atoms with E-state index in [0.717, 1.165) is 21.4 Å². The number of aryl methyl sites for hydroxylation is 1. The minimum atomic E-state index is -0.297. The van der Waals surface area contributed by atoms with Crippen molar-refractivity contribution in [3.05, 3.63) is 64.8 Å². The van der Waals surface area contributed by atoms with Crippen molar-refractivity contribution in [3.8, 4) is 5.75 Å². The van der Waals surface area contributed by atoms with E-state index in [1.165, 1.54) is 23.5 Å². The summed E-state index contributed by atoms with van der Waals surface area (Å²) in [4.78, 5) is 12.7. The highest BCUT2D eigenvalue weighted by atomic mass is 32.1. The summed E-state index contributed by atoms with van der Waals surface area (Å²) in [5, 5.41) is 3.56. The predicted molar refractivity (Wildman–Crippen MR) is 90.8 cm³/mol. The molecule has 0 aliphatic rings. The number of ether oxygens (including phenoxy) is 1. The molecule has 0 aliphatic carbocycles. The van der Waals surface area contributed by atoms with Gasteiger partial charge in [-0.15, -0.1) is 11.3 Å². The molecule has 0 saturated heterocycles. The van der Waals surface area contributed by atoms with E-state index in [2.05, 4.69) is 5.32 Å². The first kappa shape index (κ1) is 15.5. The Bertz CT molecular complexity index is 844. The van der Waals surface area contributed by atoms with Crippen molar-refractivity contribution in [2.45, 2.75) is 6.92 Å². The van der Waals surface area contributed by atoms with Gasteiger partial charge >= 0.3 is 0 Å². The van der Waals surface area contributed by atoms with E-state index in [-0.39, 0.29) is 11.7 Å². The average Bonchev–Trinajstić information content (AvgIpc) is 2.94. The fourth-order valence-corrected chi connectivity index (χ4v) is 3.21. The number of thiophene rings is 1. The SMILES string of the molecule is Cc1cccc(OCCNC(=O)c2cc3cc(F)ccc3s2)c1. The van der Waals surface area contributed by atoms with E-state index in [0.29, 0.717) is 18.0 Å². The molecule has 0 saturated carbocycles. The van der Waals surface area contributed by atoms with E-state index in [1.807, 2.05) is 31.2 Å². The normalized spacial score (nSPS) is 10.7. The van der Waals surface area contributed by atoms with Gasteiger partial charge in [0.2, 0.25) is 0 Å². The van der Waals surface area contributed by atoms with E-state index < -0.39 is 0 Å². The van der Waals surface area contributed by atoms with Crippen LogP contribution in [0, 0.1) is 12.7 Å². The van der Waals surface area contributed by atoms with Crippen molar-refractivity contribution in [2.24, 2.45) is 0 Å². The Morgan fingerprint density at radius 3 is 2.91 bits per heavy atom. The molecule has 23 heavy (non-hydrogen) atoms. The number of rotatable bonds is 5. The van der Waals surface area contributed by atoms with E-state index in [1.54, 1.807) is 12.1 Å². The molecule has 0 unspecified atom stereocenters. The summed E-state index contributed by atoms with van der Waals surface area (Å²) >= 11 is 1.35. The molecule has 0 atom stereocenters. The van der Waals surface area contributed by atoms with Crippen molar-refractivity contribution < 1.29 is 13.9 Å². The summed E-state index contributed by atoms with van der Waals surface area (Å²) in [7, 11) is 0. The maximum absolute atomic E-state index is 13.2. The third-order valence-corrected chi connectivity index (χ3v) is 4.46. The maximum Gasteiger partial charge on any atom is 0.261 e. The third kappa shape index (κ3) is 3.87. The van der Waals surface area contributed by atoms with Gasteiger partial charge in [0.1, 0.15) is 18.2 Å². The zero-order chi connectivity index (χ0) is 16.2. The molecule has 5 heteroatoms. The number of benzene rings is 2. The predicted octanol–water partition coefficient (Wildman–Crippen LogP) is 4.16. The van der Waals surface area contributed by atoms with Crippen LogP contribution in [0.15, 0.2) is 48.5 Å². The van der Waals surface area contributed by atoms with Crippen LogP contribution >= 0.6 is 11.3 Å². The van der Waals surface area contributed by atoms with E-state index in [4.69, 9.17) is 4.74 Å². The van der Waals surface area contributed by atoms with Crippen LogP contribution in [-0.4, -0.2) is 19.1 Å². The highest BCUT2D eigenvalue weighted by Gasteiger charge is 2.10. The highest BCUT2D eigenvalue weighted by molar-refractivity contribution is 7.20. The summed E-state index contributed by atoms with van der Waals surface area (Å²) in [5.74, 6) is 0.324. The smallest absolute Gasteiger partial charge is 0.261 e. The molecule has 3 aromatic rings. The number of amides is 1. The van der Waals surface area contributed by atoms with Crippen molar-refractivity contribution in [1.82, 2.24) is 5.32 Å². The molecule has 3 nitrogen and oxygen atoms in total. The van der Waals surface area contributed by atoms with Crippen LogP contribution in [0.2, 0.25) is 0 Å². The Morgan fingerprint density at radius 1 is 1.22 bits per heavy atom. The van der Waals surface area contributed by atoms with Gasteiger partial charge in [0, 0.05) is 4.70 Å². The van der Waals surface area contributed by atoms with Crippen molar-refractivity contribution in [2.75, 3.05) is 13.2 Å². The fraction of sp³-hybridized carbons (Fsp3) is 0.167. The van der Waals surface area contributed by atoms with Crippen molar-refractivity contribution >= 4 is 27.3 Å². The first-order valence-corrected chi connectivity index (χ1v) is 8.10. The number of carbonyl (C=O) groups is 1. The summed E-state index contributed by atoms with van der Waals surface area (Å²) in [6.45, 7) is 2.81. The van der Waals surface area contributed by atoms with Crippen LogP contribution < -0.4 is 10.1 Å². The molecule has 0 bridgehead atoms. The lowest BCUT2D eigenvalue weighted by atomic mass is 10.2. The average molecular weight is 329 g/mol. The number of nitrogens with one attached hydrogen (secondary N) is 1. The zero-order valence-corrected chi connectivity index (χ0v) is 13.5. The molecule has 1 aromatic heterocycles. The maximum atomic E-state index is 13.2. The quantitative estimate of drug-likeness (QED) is 0.714. The Labute approximate surface area is 137 Å². The second-order valence-electron chi connectivity index (χ2n) is 5.21. The van der Waals surface area contributed by atoms with Crippen molar-refractivity contribution in [3.63, 3.8) is 0 Å². The molecule has 1 heterocycles. The highest BCUT2D eigenvalue weighted by Crippen LogP contribution is 2.26. The molecular weight excluding hydrogens is 313 g/mol. The van der Waals surface area contributed by atoms with E-state index >= 15 is 0 Å². The van der Waals surface area contributed by atoms with Gasteiger partial charge in [-0.3, -0.25) is 4.79 Å². The van der Waals surface area contributed by atoms with E-state index in [9.17, 15) is 9.18 Å². The molecule has 3 rings (SSSR count). The zero-order valence-electron chi connectivity index (χ0n) is 12.6. The molecule has 1 amide bonds. The van der Waals surface area contributed by atoms with Crippen LogP contribution in [0.25, 0.3) is 10.1 Å². The van der Waals surface area contributed by atoms with Gasteiger partial charge in [-0.05, 0) is 54.3 Å². The minimum Gasteiger partial charge on any atom is -0.492 e. The first-order chi connectivity index (χ1) is 11.1. The molecular formula is C18H16FNO2S. The number of halogens is 1. The summed E-state index contributed by atoms with van der Waals surface area (Å²) < 4.78 is 19.7. The Morgan fingerprint density at radius 2 is 2.09 bits per heavy atom. The molecule has 1 N–H and O–H groups in total. The lowest BCUT2D eigenvalue weighted by molar-refractivity contribution is 0.0951. The molecule has 118 valence electrons. The second-order valence-corrected chi connectivity index (χ2v) is 6.30. The first-order valence-electron chi connectivity index (χ1n) is 7.28. The second kappa shape index (κ2) is 6.79. The Kier molecular flexibility index (Phi) is 4.57. The summed E-state index contributed by atoms with van der Waals surface area (Å²) in [6.07, 6.45) is 0. The molecule has 0 radical (unpaired) electrons. The van der Waals surface area contributed by atoms with Crippen molar-refractivity contribution in [1.29, 1.82) is 0 Å². The summed E-state index contributed by atoms with van der Waals surface area (Å²) in [6, 6.07) is 14.0. The topological polar surface area (TPSA) is 38.3 Å².